The zero-order valence-corrected chi connectivity index (χ0v) is 17.7. The molecule has 0 fully saturated rings. The number of carboxylic acid groups (broad SMARTS) is 1. The summed E-state index contributed by atoms with van der Waals surface area (Å²) in [7, 11) is 1.59. The molecule has 0 aliphatic heterocycles. The quantitative estimate of drug-likeness (QED) is 0.317. The fourth-order valence-corrected chi connectivity index (χ4v) is 3.56. The Labute approximate surface area is 184 Å². The Morgan fingerprint density at radius 2 is 1.91 bits per heavy atom. The smallest absolute Gasteiger partial charge is 0.341 e. The van der Waals surface area contributed by atoms with Crippen molar-refractivity contribution >= 4 is 11.7 Å². The van der Waals surface area contributed by atoms with Gasteiger partial charge in [0.05, 0.1) is 5.71 Å². The topological polar surface area (TPSA) is 101 Å². The van der Waals surface area contributed by atoms with Crippen molar-refractivity contribution in [1.82, 2.24) is 4.57 Å². The number of rotatable bonds is 8. The molecule has 8 heteroatoms. The van der Waals surface area contributed by atoms with E-state index in [1.165, 1.54) is 16.7 Å². The Bertz CT molecular complexity index is 1220. The summed E-state index contributed by atoms with van der Waals surface area (Å²) in [6.45, 7) is 1.33. The van der Waals surface area contributed by atoms with Gasteiger partial charge in [-0.15, -0.1) is 0 Å². The normalized spacial score (nSPS) is 12.4. The van der Waals surface area contributed by atoms with Crippen molar-refractivity contribution in [2.45, 2.75) is 19.3 Å². The van der Waals surface area contributed by atoms with E-state index in [-0.39, 0.29) is 17.7 Å². The van der Waals surface area contributed by atoms with Crippen molar-refractivity contribution in [3.8, 4) is 5.75 Å². The van der Waals surface area contributed by atoms with Gasteiger partial charge in [-0.25, -0.2) is 9.18 Å². The third kappa shape index (κ3) is 5.21. The number of nitrogens with zero attached hydrogens (tertiary/aromatic N) is 2. The lowest BCUT2D eigenvalue weighted by atomic mass is 9.83. The number of pyridine rings is 1. The highest BCUT2D eigenvalue weighted by molar-refractivity contribution is 6.00. The van der Waals surface area contributed by atoms with Crippen molar-refractivity contribution < 1.29 is 24.2 Å². The van der Waals surface area contributed by atoms with Crippen LogP contribution in [0, 0.1) is 12.7 Å². The summed E-state index contributed by atoms with van der Waals surface area (Å²) in [5.41, 5.74) is 2.74. The zero-order chi connectivity index (χ0) is 23.3. The van der Waals surface area contributed by atoms with Crippen molar-refractivity contribution in [3.63, 3.8) is 0 Å². The number of aliphatic carboxylic acids is 1. The molecule has 0 saturated heterocycles. The van der Waals surface area contributed by atoms with Gasteiger partial charge in [0.1, 0.15) is 11.6 Å². The molecule has 0 bridgehead atoms. The van der Waals surface area contributed by atoms with Crippen molar-refractivity contribution in [3.05, 3.63) is 99.2 Å². The highest BCUT2D eigenvalue weighted by Gasteiger charge is 2.23. The average Bonchev–Trinajstić information content (AvgIpc) is 2.76. The van der Waals surface area contributed by atoms with Crippen LogP contribution in [0.2, 0.25) is 0 Å². The summed E-state index contributed by atoms with van der Waals surface area (Å²) in [6, 6.07) is 14.6. The number of aromatic nitrogens is 1. The molecule has 7 nitrogen and oxygen atoms in total. The molecule has 3 rings (SSSR count). The van der Waals surface area contributed by atoms with Crippen LogP contribution in [0.4, 0.5) is 4.39 Å². The summed E-state index contributed by atoms with van der Waals surface area (Å²) in [5, 5.41) is 21.9. The van der Waals surface area contributed by atoms with Crippen molar-refractivity contribution in [1.29, 1.82) is 0 Å². The van der Waals surface area contributed by atoms with Gasteiger partial charge in [0.25, 0.3) is 0 Å². The summed E-state index contributed by atoms with van der Waals surface area (Å²) in [6.07, 6.45) is 1.72. The molecular formula is C24H23FN2O5. The molecule has 3 aromatic rings. The monoisotopic (exact) mass is 438 g/mol. The maximum absolute atomic E-state index is 15.1. The highest BCUT2D eigenvalue weighted by atomic mass is 19.1. The van der Waals surface area contributed by atoms with Gasteiger partial charge >= 0.3 is 5.97 Å². The average molecular weight is 438 g/mol. The van der Waals surface area contributed by atoms with Gasteiger partial charge in [-0.3, -0.25) is 4.79 Å². The fourth-order valence-electron chi connectivity index (χ4n) is 3.56. The van der Waals surface area contributed by atoms with E-state index in [0.29, 0.717) is 16.8 Å². The fraction of sp³-hybridized carbons (Fsp3) is 0.208. The minimum Gasteiger partial charge on any atom is -0.482 e. The SMILES string of the molecule is Cc1ccccc1C(C/C(=N\O)c1ccc(=O)n(C)c1)c1ccc(OCC(=O)O)cc1F. The number of benzene rings is 2. The molecule has 0 amide bonds. The predicted octanol–water partition coefficient (Wildman–Crippen LogP) is 3.70. The van der Waals surface area contributed by atoms with Gasteiger partial charge in [0.15, 0.2) is 6.61 Å². The standard InChI is InChI=1S/C24H23FN2O5/c1-15-5-3-4-6-18(15)20(12-22(26-31)16-7-10-23(28)27(2)13-16)19-9-8-17(11-21(19)25)32-14-24(29)30/h3-11,13,20,31H,12,14H2,1-2H3,(H,29,30)/b26-22+. The lowest BCUT2D eigenvalue weighted by Crippen LogP contribution is -2.18. The Kier molecular flexibility index (Phi) is 7.04. The van der Waals surface area contributed by atoms with Gasteiger partial charge in [-0.1, -0.05) is 35.5 Å². The summed E-state index contributed by atoms with van der Waals surface area (Å²) < 4.78 is 21.6. The van der Waals surface area contributed by atoms with Gasteiger partial charge in [0.2, 0.25) is 5.56 Å². The molecule has 2 aromatic carbocycles. The molecule has 0 aliphatic rings. The molecule has 0 spiro atoms. The molecule has 166 valence electrons. The lowest BCUT2D eigenvalue weighted by Gasteiger charge is -2.22. The summed E-state index contributed by atoms with van der Waals surface area (Å²) >= 11 is 0. The Balaban J connectivity index is 2.03. The second-order valence-electron chi connectivity index (χ2n) is 7.39. The number of hydrogen-bond donors (Lipinski definition) is 2. The Morgan fingerprint density at radius 3 is 2.53 bits per heavy atom. The molecule has 2 N–H and O–H groups in total. The van der Waals surface area contributed by atoms with E-state index in [1.54, 1.807) is 25.4 Å². The van der Waals surface area contributed by atoms with E-state index in [2.05, 4.69) is 5.16 Å². The second-order valence-corrected chi connectivity index (χ2v) is 7.39. The number of carboxylic acids is 1. The van der Waals surface area contributed by atoms with Crippen LogP contribution in [-0.2, 0) is 11.8 Å². The molecule has 32 heavy (non-hydrogen) atoms. The third-order valence-electron chi connectivity index (χ3n) is 5.21. The lowest BCUT2D eigenvalue weighted by molar-refractivity contribution is -0.139. The molecule has 0 radical (unpaired) electrons. The van der Waals surface area contributed by atoms with E-state index in [4.69, 9.17) is 9.84 Å². The largest absolute Gasteiger partial charge is 0.482 e. The van der Waals surface area contributed by atoms with Crippen LogP contribution in [0.1, 0.15) is 34.6 Å². The van der Waals surface area contributed by atoms with Crippen LogP contribution < -0.4 is 10.3 Å². The molecule has 0 saturated carbocycles. The van der Waals surface area contributed by atoms with Gasteiger partial charge < -0.3 is 19.6 Å². The second kappa shape index (κ2) is 9.91. The Hall–Kier alpha value is -3.94. The first-order valence-electron chi connectivity index (χ1n) is 9.87. The first-order chi connectivity index (χ1) is 15.3. The van der Waals surface area contributed by atoms with Crippen LogP contribution in [0.15, 0.2) is 70.7 Å². The number of aryl methyl sites for hydroxylation is 2. The predicted molar refractivity (Wildman–Crippen MR) is 117 cm³/mol. The van der Waals surface area contributed by atoms with Crippen LogP contribution >= 0.6 is 0 Å². The van der Waals surface area contributed by atoms with E-state index < -0.39 is 24.3 Å². The maximum Gasteiger partial charge on any atom is 0.341 e. The van der Waals surface area contributed by atoms with E-state index in [0.717, 1.165) is 17.2 Å². The van der Waals surface area contributed by atoms with E-state index in [9.17, 15) is 14.8 Å². The first-order valence-corrected chi connectivity index (χ1v) is 9.87. The van der Waals surface area contributed by atoms with Crippen LogP contribution in [-0.4, -0.2) is 33.2 Å². The number of carbonyl (C=O) groups is 1. The summed E-state index contributed by atoms with van der Waals surface area (Å²) in [4.78, 5) is 22.4. The van der Waals surface area contributed by atoms with Crippen molar-refractivity contribution in [2.24, 2.45) is 12.2 Å². The molecule has 0 aliphatic carbocycles. The van der Waals surface area contributed by atoms with Gasteiger partial charge in [0, 0.05) is 43.3 Å². The molecular weight excluding hydrogens is 415 g/mol. The number of ether oxygens (including phenoxy) is 1. The van der Waals surface area contributed by atoms with Crippen LogP contribution in [0.25, 0.3) is 0 Å². The van der Waals surface area contributed by atoms with Crippen molar-refractivity contribution in [2.75, 3.05) is 6.61 Å². The van der Waals surface area contributed by atoms with Gasteiger partial charge in [-0.05, 0) is 35.7 Å². The van der Waals surface area contributed by atoms with E-state index >= 15 is 4.39 Å². The highest BCUT2D eigenvalue weighted by Crippen LogP contribution is 2.34. The minimum absolute atomic E-state index is 0.103. The first kappa shape index (κ1) is 22.7. The van der Waals surface area contributed by atoms with Crippen LogP contribution in [0.5, 0.6) is 5.75 Å². The number of oxime groups is 1. The number of hydrogen-bond acceptors (Lipinski definition) is 5. The minimum atomic E-state index is -1.16. The molecule has 1 heterocycles. The molecule has 1 aromatic heterocycles. The van der Waals surface area contributed by atoms with Crippen LogP contribution in [0.3, 0.4) is 0 Å². The third-order valence-corrected chi connectivity index (χ3v) is 5.21. The zero-order valence-electron chi connectivity index (χ0n) is 17.7. The number of halogens is 1. The molecule has 1 unspecified atom stereocenters. The molecule has 1 atom stereocenters. The maximum atomic E-state index is 15.1. The summed E-state index contributed by atoms with van der Waals surface area (Å²) in [5.74, 6) is -2.13. The Morgan fingerprint density at radius 1 is 1.16 bits per heavy atom. The van der Waals surface area contributed by atoms with E-state index in [1.807, 2.05) is 31.2 Å². The van der Waals surface area contributed by atoms with Gasteiger partial charge in [-0.2, -0.15) is 0 Å².